The molecule has 0 spiro atoms. The first-order valence-electron chi connectivity index (χ1n) is 6.91. The molecule has 3 atom stereocenters. The molecule has 1 heterocycles. The Kier molecular flexibility index (Phi) is 4.31. The standard InChI is InChI=1S/C16H19NO4/c1-9(10(2)16(19)20)15(18)17-11(3)14-8-12-6-4-5-7-13(12)21-14/h4-11H,1-3H3,(H,17,18)(H,19,20). The van der Waals surface area contributed by atoms with E-state index in [1.54, 1.807) is 6.92 Å². The third kappa shape index (κ3) is 3.24. The minimum absolute atomic E-state index is 0.294. The summed E-state index contributed by atoms with van der Waals surface area (Å²) in [5.74, 6) is -1.95. The maximum Gasteiger partial charge on any atom is 0.307 e. The number of carboxylic acids is 1. The molecule has 0 aliphatic heterocycles. The van der Waals surface area contributed by atoms with Crippen LogP contribution in [0, 0.1) is 11.8 Å². The molecule has 112 valence electrons. The van der Waals surface area contributed by atoms with Gasteiger partial charge in [0.05, 0.1) is 12.0 Å². The molecule has 2 rings (SSSR count). The number of para-hydroxylation sites is 1. The molecule has 0 bridgehead atoms. The van der Waals surface area contributed by atoms with Gasteiger partial charge in [-0.15, -0.1) is 0 Å². The van der Waals surface area contributed by atoms with Crippen molar-refractivity contribution >= 4 is 22.8 Å². The van der Waals surface area contributed by atoms with E-state index < -0.39 is 17.8 Å². The van der Waals surface area contributed by atoms with Gasteiger partial charge in [-0.3, -0.25) is 9.59 Å². The number of hydrogen-bond donors (Lipinski definition) is 2. The van der Waals surface area contributed by atoms with Crippen molar-refractivity contribution in [2.24, 2.45) is 11.8 Å². The monoisotopic (exact) mass is 289 g/mol. The highest BCUT2D eigenvalue weighted by Crippen LogP contribution is 2.24. The molecular formula is C16H19NO4. The van der Waals surface area contributed by atoms with Crippen LogP contribution in [0.4, 0.5) is 0 Å². The average molecular weight is 289 g/mol. The summed E-state index contributed by atoms with van der Waals surface area (Å²) >= 11 is 0. The number of amides is 1. The van der Waals surface area contributed by atoms with Gasteiger partial charge in [-0.05, 0) is 19.1 Å². The van der Waals surface area contributed by atoms with E-state index in [9.17, 15) is 9.59 Å². The number of nitrogens with one attached hydrogen (secondary N) is 1. The molecule has 0 aliphatic carbocycles. The van der Waals surface area contributed by atoms with Crippen molar-refractivity contribution in [2.75, 3.05) is 0 Å². The van der Waals surface area contributed by atoms with Crippen molar-refractivity contribution in [1.82, 2.24) is 5.32 Å². The van der Waals surface area contributed by atoms with Gasteiger partial charge in [0.15, 0.2) is 0 Å². The zero-order valence-electron chi connectivity index (χ0n) is 12.3. The van der Waals surface area contributed by atoms with Crippen LogP contribution < -0.4 is 5.32 Å². The van der Waals surface area contributed by atoms with E-state index in [2.05, 4.69) is 5.32 Å². The number of hydrogen-bond acceptors (Lipinski definition) is 3. The summed E-state index contributed by atoms with van der Waals surface area (Å²) in [5.41, 5.74) is 0.764. The van der Waals surface area contributed by atoms with Gasteiger partial charge >= 0.3 is 5.97 Å². The van der Waals surface area contributed by atoms with Crippen LogP contribution in [0.15, 0.2) is 34.7 Å². The number of fused-ring (bicyclic) bond motifs is 1. The third-order valence-corrected chi connectivity index (χ3v) is 3.78. The van der Waals surface area contributed by atoms with Crippen LogP contribution in [-0.4, -0.2) is 17.0 Å². The summed E-state index contributed by atoms with van der Waals surface area (Å²) in [6, 6.07) is 9.17. The first kappa shape index (κ1) is 15.1. The highest BCUT2D eigenvalue weighted by molar-refractivity contribution is 5.84. The van der Waals surface area contributed by atoms with Gasteiger partial charge in [-0.2, -0.15) is 0 Å². The number of carbonyl (C=O) groups is 2. The van der Waals surface area contributed by atoms with Crippen molar-refractivity contribution in [3.63, 3.8) is 0 Å². The van der Waals surface area contributed by atoms with Gasteiger partial charge in [0.1, 0.15) is 11.3 Å². The van der Waals surface area contributed by atoms with Crippen LogP contribution in [0.3, 0.4) is 0 Å². The van der Waals surface area contributed by atoms with Crippen molar-refractivity contribution < 1.29 is 19.1 Å². The normalized spacial score (nSPS) is 15.4. The summed E-state index contributed by atoms with van der Waals surface area (Å²) in [4.78, 5) is 23.0. The molecule has 3 unspecified atom stereocenters. The maximum absolute atomic E-state index is 12.1. The maximum atomic E-state index is 12.1. The molecular weight excluding hydrogens is 270 g/mol. The highest BCUT2D eigenvalue weighted by Gasteiger charge is 2.27. The molecule has 0 saturated carbocycles. The van der Waals surface area contributed by atoms with Crippen LogP contribution in [0.2, 0.25) is 0 Å². The molecule has 2 N–H and O–H groups in total. The van der Waals surface area contributed by atoms with Crippen LogP contribution in [0.25, 0.3) is 11.0 Å². The van der Waals surface area contributed by atoms with E-state index in [1.165, 1.54) is 6.92 Å². The Morgan fingerprint density at radius 2 is 1.81 bits per heavy atom. The molecule has 2 aromatic rings. The van der Waals surface area contributed by atoms with Gasteiger partial charge in [0, 0.05) is 11.3 Å². The number of rotatable bonds is 5. The third-order valence-electron chi connectivity index (χ3n) is 3.78. The van der Waals surface area contributed by atoms with Crippen molar-refractivity contribution in [2.45, 2.75) is 26.8 Å². The smallest absolute Gasteiger partial charge is 0.307 e. The summed E-state index contributed by atoms with van der Waals surface area (Å²) in [7, 11) is 0. The molecule has 5 nitrogen and oxygen atoms in total. The first-order chi connectivity index (χ1) is 9.90. The Morgan fingerprint density at radius 1 is 1.14 bits per heavy atom. The van der Waals surface area contributed by atoms with Crippen LogP contribution in [0.5, 0.6) is 0 Å². The van der Waals surface area contributed by atoms with Crippen molar-refractivity contribution in [1.29, 1.82) is 0 Å². The Hall–Kier alpha value is -2.30. The fraction of sp³-hybridized carbons (Fsp3) is 0.375. The predicted octanol–water partition coefficient (Wildman–Crippen LogP) is 2.97. The summed E-state index contributed by atoms with van der Waals surface area (Å²) in [6.45, 7) is 4.95. The Bertz CT molecular complexity index is 628. The Labute approximate surface area is 122 Å². The molecule has 0 radical (unpaired) electrons. The zero-order chi connectivity index (χ0) is 15.6. The average Bonchev–Trinajstić information content (AvgIpc) is 2.89. The summed E-state index contributed by atoms with van der Waals surface area (Å²) < 4.78 is 5.69. The molecule has 0 aliphatic rings. The second-order valence-electron chi connectivity index (χ2n) is 5.33. The number of furan rings is 1. The predicted molar refractivity (Wildman–Crippen MR) is 78.7 cm³/mol. The lowest BCUT2D eigenvalue weighted by Crippen LogP contribution is -2.36. The van der Waals surface area contributed by atoms with Gasteiger partial charge in [0.25, 0.3) is 0 Å². The topological polar surface area (TPSA) is 79.5 Å². The molecule has 1 aromatic heterocycles. The molecule has 0 saturated heterocycles. The second kappa shape index (κ2) is 5.99. The van der Waals surface area contributed by atoms with Gasteiger partial charge in [0.2, 0.25) is 5.91 Å². The van der Waals surface area contributed by atoms with Crippen molar-refractivity contribution in [3.8, 4) is 0 Å². The lowest BCUT2D eigenvalue weighted by atomic mass is 9.95. The number of benzene rings is 1. The zero-order valence-corrected chi connectivity index (χ0v) is 12.3. The number of carboxylic acid groups (broad SMARTS) is 1. The SMILES string of the molecule is CC(NC(=O)C(C)C(C)C(=O)O)c1cc2ccccc2o1. The van der Waals surface area contributed by atoms with E-state index >= 15 is 0 Å². The lowest BCUT2D eigenvalue weighted by molar-refractivity contribution is -0.146. The van der Waals surface area contributed by atoms with Crippen LogP contribution >= 0.6 is 0 Å². The fourth-order valence-corrected chi connectivity index (χ4v) is 2.07. The van der Waals surface area contributed by atoms with E-state index in [0.29, 0.717) is 5.76 Å². The van der Waals surface area contributed by atoms with E-state index in [-0.39, 0.29) is 11.9 Å². The Balaban J connectivity index is 2.08. The molecule has 1 aromatic carbocycles. The van der Waals surface area contributed by atoms with E-state index in [4.69, 9.17) is 9.52 Å². The summed E-state index contributed by atoms with van der Waals surface area (Å²) in [6.07, 6.45) is 0. The van der Waals surface area contributed by atoms with Gasteiger partial charge in [-0.1, -0.05) is 32.0 Å². The molecule has 21 heavy (non-hydrogen) atoms. The van der Waals surface area contributed by atoms with Crippen LogP contribution in [-0.2, 0) is 9.59 Å². The van der Waals surface area contributed by atoms with E-state index in [0.717, 1.165) is 11.0 Å². The van der Waals surface area contributed by atoms with E-state index in [1.807, 2.05) is 37.3 Å². The van der Waals surface area contributed by atoms with Crippen LogP contribution in [0.1, 0.15) is 32.6 Å². The molecule has 1 amide bonds. The highest BCUT2D eigenvalue weighted by atomic mass is 16.4. The second-order valence-corrected chi connectivity index (χ2v) is 5.33. The molecule has 5 heteroatoms. The Morgan fingerprint density at radius 3 is 2.43 bits per heavy atom. The van der Waals surface area contributed by atoms with Gasteiger partial charge < -0.3 is 14.8 Å². The number of carbonyl (C=O) groups excluding carboxylic acids is 1. The van der Waals surface area contributed by atoms with Crippen molar-refractivity contribution in [3.05, 3.63) is 36.1 Å². The minimum Gasteiger partial charge on any atom is -0.481 e. The quantitative estimate of drug-likeness (QED) is 0.886. The first-order valence-corrected chi connectivity index (χ1v) is 6.91. The minimum atomic E-state index is -0.978. The molecule has 0 fully saturated rings. The number of aliphatic carboxylic acids is 1. The summed E-state index contributed by atoms with van der Waals surface area (Å²) in [5, 5.41) is 12.7. The van der Waals surface area contributed by atoms with Gasteiger partial charge in [-0.25, -0.2) is 0 Å². The largest absolute Gasteiger partial charge is 0.481 e. The fourth-order valence-electron chi connectivity index (χ4n) is 2.07. The lowest BCUT2D eigenvalue weighted by Gasteiger charge is -2.18.